The summed E-state index contributed by atoms with van der Waals surface area (Å²) in [4.78, 5) is 4.26. The van der Waals surface area contributed by atoms with E-state index in [1.54, 1.807) is 6.92 Å². The van der Waals surface area contributed by atoms with Gasteiger partial charge in [0.25, 0.3) is 0 Å². The molecule has 1 atom stereocenters. The van der Waals surface area contributed by atoms with Gasteiger partial charge in [-0.05, 0) is 13.8 Å². The number of halogens is 3. The van der Waals surface area contributed by atoms with E-state index in [1.165, 1.54) is 14.0 Å². The summed E-state index contributed by atoms with van der Waals surface area (Å²) in [7, 11) is 1.27. The highest BCUT2D eigenvalue weighted by atomic mass is 19.4. The minimum absolute atomic E-state index is 0.0892. The summed E-state index contributed by atoms with van der Waals surface area (Å²) < 4.78 is 36.9. The summed E-state index contributed by atoms with van der Waals surface area (Å²) in [5, 5.41) is 0. The van der Waals surface area contributed by atoms with Gasteiger partial charge < -0.3 is 10.6 Å². The van der Waals surface area contributed by atoms with Crippen molar-refractivity contribution in [3.05, 3.63) is 0 Å². The number of hydrogen-bond acceptors (Lipinski definition) is 2. The Morgan fingerprint density at radius 3 is 2.23 bits per heavy atom. The van der Waals surface area contributed by atoms with Gasteiger partial charge in [-0.3, -0.25) is 4.99 Å². The Kier molecular flexibility index (Phi) is 4.19. The van der Waals surface area contributed by atoms with Crippen LogP contribution in [-0.4, -0.2) is 36.7 Å². The molecule has 0 heterocycles. The summed E-state index contributed by atoms with van der Waals surface area (Å²) in [5.41, 5.74) is 5.31. The van der Waals surface area contributed by atoms with E-state index in [-0.39, 0.29) is 6.54 Å². The average molecular weight is 197 g/mol. The third-order valence-electron chi connectivity index (χ3n) is 1.51. The van der Waals surface area contributed by atoms with Crippen molar-refractivity contribution in [2.45, 2.75) is 26.2 Å². The monoisotopic (exact) mass is 197 g/mol. The number of aliphatic imine (C=N–C) groups is 1. The molecule has 0 fully saturated rings. The van der Waals surface area contributed by atoms with E-state index in [4.69, 9.17) is 5.73 Å². The fraction of sp³-hybridized carbons (Fsp3) is 0.857. The Balaban J connectivity index is 4.73. The first-order valence-corrected chi connectivity index (χ1v) is 3.90. The number of nitrogens with zero attached hydrogens (tertiary/aromatic N) is 2. The molecule has 0 saturated carbocycles. The third-order valence-corrected chi connectivity index (χ3v) is 1.51. The van der Waals surface area contributed by atoms with Gasteiger partial charge in [-0.1, -0.05) is 0 Å². The van der Waals surface area contributed by atoms with Crippen LogP contribution in [0.3, 0.4) is 0 Å². The van der Waals surface area contributed by atoms with E-state index < -0.39 is 18.2 Å². The number of amidine groups is 1. The molecule has 0 aliphatic carbocycles. The summed E-state index contributed by atoms with van der Waals surface area (Å²) in [5.74, 6) is -0.926. The number of nitrogens with two attached hydrogens (primary N) is 1. The van der Waals surface area contributed by atoms with E-state index >= 15 is 0 Å². The highest BCUT2D eigenvalue weighted by Crippen LogP contribution is 2.19. The van der Waals surface area contributed by atoms with Crippen molar-refractivity contribution in [1.82, 2.24) is 4.90 Å². The first-order chi connectivity index (χ1) is 5.80. The van der Waals surface area contributed by atoms with Crippen molar-refractivity contribution in [3.8, 4) is 0 Å². The second-order valence-corrected chi connectivity index (χ2v) is 2.65. The van der Waals surface area contributed by atoms with Crippen LogP contribution in [0.2, 0.25) is 0 Å². The first-order valence-electron chi connectivity index (χ1n) is 3.90. The molecule has 0 amide bonds. The molecule has 0 saturated heterocycles. The Hall–Kier alpha value is -0.780. The topological polar surface area (TPSA) is 41.6 Å². The van der Waals surface area contributed by atoms with Gasteiger partial charge in [-0.15, -0.1) is 0 Å². The lowest BCUT2D eigenvalue weighted by Crippen LogP contribution is -2.47. The van der Waals surface area contributed by atoms with E-state index in [1.807, 2.05) is 0 Å². The van der Waals surface area contributed by atoms with Crippen molar-refractivity contribution in [2.24, 2.45) is 10.7 Å². The Morgan fingerprint density at radius 2 is 2.00 bits per heavy atom. The highest BCUT2D eigenvalue weighted by Gasteiger charge is 2.39. The van der Waals surface area contributed by atoms with Gasteiger partial charge in [0, 0.05) is 13.6 Å². The van der Waals surface area contributed by atoms with Gasteiger partial charge in [0.05, 0.1) is 6.17 Å². The summed E-state index contributed by atoms with van der Waals surface area (Å²) in [6, 6.07) is 0. The normalized spacial score (nSPS) is 15.8. The van der Waals surface area contributed by atoms with Gasteiger partial charge in [0.1, 0.15) is 0 Å². The molecular weight excluding hydrogens is 183 g/mol. The largest absolute Gasteiger partial charge is 0.449 e. The molecule has 0 aromatic rings. The van der Waals surface area contributed by atoms with Gasteiger partial charge in [-0.25, -0.2) is 0 Å². The lowest BCUT2D eigenvalue weighted by molar-refractivity contribution is -0.0694. The van der Waals surface area contributed by atoms with Gasteiger partial charge in [0.15, 0.2) is 0 Å². The van der Waals surface area contributed by atoms with E-state index in [0.29, 0.717) is 0 Å². The van der Waals surface area contributed by atoms with Crippen molar-refractivity contribution < 1.29 is 13.2 Å². The zero-order chi connectivity index (χ0) is 10.6. The van der Waals surface area contributed by atoms with E-state index in [9.17, 15) is 13.2 Å². The fourth-order valence-electron chi connectivity index (χ4n) is 0.744. The highest BCUT2D eigenvalue weighted by molar-refractivity contribution is 5.87. The molecule has 0 aliphatic rings. The maximum Gasteiger partial charge on any atom is 0.449 e. The molecule has 0 spiro atoms. The molecule has 0 aliphatic heterocycles. The van der Waals surface area contributed by atoms with Crippen LogP contribution in [0.1, 0.15) is 13.8 Å². The molecule has 0 aromatic carbocycles. The van der Waals surface area contributed by atoms with Crippen molar-refractivity contribution in [3.63, 3.8) is 0 Å². The minimum Gasteiger partial charge on any atom is -0.341 e. The van der Waals surface area contributed by atoms with E-state index in [0.717, 1.165) is 4.90 Å². The molecule has 0 radical (unpaired) electrons. The van der Waals surface area contributed by atoms with Gasteiger partial charge >= 0.3 is 6.18 Å². The van der Waals surface area contributed by atoms with Crippen LogP contribution >= 0.6 is 0 Å². The molecule has 3 nitrogen and oxygen atoms in total. The molecular formula is C7H14F3N3. The fourth-order valence-corrected chi connectivity index (χ4v) is 0.744. The molecule has 2 N–H and O–H groups in total. The van der Waals surface area contributed by atoms with Crippen LogP contribution in [0.25, 0.3) is 0 Å². The standard InChI is InChI=1S/C7H14F3N3/c1-4-12-6(7(8,9)10)13(3)5(2)11/h5H,4,11H2,1-3H3. The molecule has 78 valence electrons. The van der Waals surface area contributed by atoms with Crippen molar-refractivity contribution in [1.29, 1.82) is 0 Å². The predicted molar refractivity (Wildman–Crippen MR) is 45.4 cm³/mol. The smallest absolute Gasteiger partial charge is 0.341 e. The molecule has 1 unspecified atom stereocenters. The zero-order valence-electron chi connectivity index (χ0n) is 7.89. The lowest BCUT2D eigenvalue weighted by atomic mass is 10.4. The predicted octanol–water partition coefficient (Wildman–Crippen LogP) is 1.20. The second-order valence-electron chi connectivity index (χ2n) is 2.65. The Labute approximate surface area is 75.4 Å². The van der Waals surface area contributed by atoms with Crippen LogP contribution in [0.15, 0.2) is 4.99 Å². The van der Waals surface area contributed by atoms with Gasteiger partial charge in [0.2, 0.25) is 5.84 Å². The summed E-state index contributed by atoms with van der Waals surface area (Å²) in [6.07, 6.45) is -5.13. The first kappa shape index (κ1) is 12.2. The third kappa shape index (κ3) is 3.63. The quantitative estimate of drug-likeness (QED) is 0.410. The number of rotatable bonds is 2. The molecule has 0 bridgehead atoms. The zero-order valence-corrected chi connectivity index (χ0v) is 7.89. The van der Waals surface area contributed by atoms with Crippen LogP contribution in [0.5, 0.6) is 0 Å². The van der Waals surface area contributed by atoms with Crippen molar-refractivity contribution >= 4 is 5.84 Å². The van der Waals surface area contributed by atoms with Crippen LogP contribution in [0, 0.1) is 0 Å². The Morgan fingerprint density at radius 1 is 1.54 bits per heavy atom. The van der Waals surface area contributed by atoms with Crippen LogP contribution in [0.4, 0.5) is 13.2 Å². The molecule has 0 rings (SSSR count). The maximum absolute atomic E-state index is 12.3. The summed E-state index contributed by atoms with van der Waals surface area (Å²) in [6.45, 7) is 3.10. The van der Waals surface area contributed by atoms with Gasteiger partial charge in [-0.2, -0.15) is 13.2 Å². The second kappa shape index (κ2) is 4.45. The maximum atomic E-state index is 12.3. The van der Waals surface area contributed by atoms with E-state index in [2.05, 4.69) is 4.99 Å². The van der Waals surface area contributed by atoms with Crippen LogP contribution < -0.4 is 5.73 Å². The molecule has 0 aromatic heterocycles. The lowest BCUT2D eigenvalue weighted by Gasteiger charge is -2.26. The number of hydrogen-bond donors (Lipinski definition) is 1. The minimum atomic E-state index is -4.43. The Bertz CT molecular complexity index is 186. The number of alkyl halides is 3. The molecule has 13 heavy (non-hydrogen) atoms. The van der Waals surface area contributed by atoms with Crippen molar-refractivity contribution in [2.75, 3.05) is 13.6 Å². The average Bonchev–Trinajstić information content (AvgIpc) is 1.96. The SMILES string of the molecule is CCN=C(N(C)C(C)N)C(F)(F)F. The molecule has 6 heteroatoms. The van der Waals surface area contributed by atoms with Crippen LogP contribution in [-0.2, 0) is 0 Å². The summed E-state index contributed by atoms with van der Waals surface area (Å²) >= 11 is 0.